The van der Waals surface area contributed by atoms with Gasteiger partial charge in [0.05, 0.1) is 0 Å². The van der Waals surface area contributed by atoms with Crippen LogP contribution < -0.4 is 0 Å². The quantitative estimate of drug-likeness (QED) is 0.491. The SMILES string of the molecule is CN=NC(=O)N1CCCCC1. The molecule has 0 N–H and O–H groups in total. The van der Waals surface area contributed by atoms with E-state index in [2.05, 4.69) is 10.2 Å². The molecule has 2 amide bonds. The number of amides is 2. The first-order valence-corrected chi connectivity index (χ1v) is 3.93. The minimum atomic E-state index is -0.188. The van der Waals surface area contributed by atoms with Crippen LogP contribution in [0.3, 0.4) is 0 Å². The van der Waals surface area contributed by atoms with E-state index in [1.54, 1.807) is 4.90 Å². The van der Waals surface area contributed by atoms with E-state index in [0.717, 1.165) is 25.9 Å². The monoisotopic (exact) mass is 155 g/mol. The number of azo groups is 1. The number of carbonyl (C=O) groups is 1. The second kappa shape index (κ2) is 4.05. The predicted molar refractivity (Wildman–Crippen MR) is 41.6 cm³/mol. The van der Waals surface area contributed by atoms with Crippen LogP contribution in [-0.2, 0) is 0 Å². The Kier molecular flexibility index (Phi) is 3.01. The molecule has 0 aromatic carbocycles. The lowest BCUT2D eigenvalue weighted by Gasteiger charge is -2.23. The van der Waals surface area contributed by atoms with E-state index in [4.69, 9.17) is 0 Å². The number of hydrogen-bond acceptors (Lipinski definition) is 2. The summed E-state index contributed by atoms with van der Waals surface area (Å²) in [6.45, 7) is 1.69. The van der Waals surface area contributed by atoms with E-state index in [9.17, 15) is 4.79 Å². The van der Waals surface area contributed by atoms with Gasteiger partial charge in [0.25, 0.3) is 0 Å². The minimum absolute atomic E-state index is 0.188. The maximum Gasteiger partial charge on any atom is 0.361 e. The zero-order chi connectivity index (χ0) is 8.10. The molecule has 1 aliphatic heterocycles. The van der Waals surface area contributed by atoms with Crippen LogP contribution in [0, 0.1) is 0 Å². The number of nitrogens with zero attached hydrogens (tertiary/aromatic N) is 3. The summed E-state index contributed by atoms with van der Waals surface area (Å²) in [6.07, 6.45) is 3.43. The molecule has 0 spiro atoms. The summed E-state index contributed by atoms with van der Waals surface area (Å²) in [7, 11) is 1.52. The molecule has 1 heterocycles. The van der Waals surface area contributed by atoms with Crippen LogP contribution in [0.4, 0.5) is 4.79 Å². The van der Waals surface area contributed by atoms with Crippen molar-refractivity contribution >= 4 is 6.03 Å². The van der Waals surface area contributed by atoms with Gasteiger partial charge in [0, 0.05) is 20.1 Å². The fraction of sp³-hybridized carbons (Fsp3) is 0.857. The number of likely N-dealkylation sites (tertiary alicyclic amines) is 1. The number of hydrogen-bond donors (Lipinski definition) is 0. The lowest BCUT2D eigenvalue weighted by Crippen LogP contribution is -2.33. The fourth-order valence-electron chi connectivity index (χ4n) is 1.23. The van der Waals surface area contributed by atoms with Gasteiger partial charge in [-0.1, -0.05) is 5.11 Å². The molecule has 0 atom stereocenters. The van der Waals surface area contributed by atoms with Crippen LogP contribution >= 0.6 is 0 Å². The molecule has 0 radical (unpaired) electrons. The van der Waals surface area contributed by atoms with Gasteiger partial charge in [-0.15, -0.1) is 0 Å². The van der Waals surface area contributed by atoms with Gasteiger partial charge in [0.1, 0.15) is 0 Å². The number of piperidine rings is 1. The van der Waals surface area contributed by atoms with E-state index in [-0.39, 0.29) is 6.03 Å². The molecule has 0 aliphatic carbocycles. The second-order valence-electron chi connectivity index (χ2n) is 2.63. The summed E-state index contributed by atoms with van der Waals surface area (Å²) < 4.78 is 0. The first-order chi connectivity index (χ1) is 5.34. The maximum atomic E-state index is 11.1. The molecule has 4 nitrogen and oxygen atoms in total. The van der Waals surface area contributed by atoms with Gasteiger partial charge < -0.3 is 4.90 Å². The molecule has 1 aliphatic rings. The molecule has 1 fully saturated rings. The Morgan fingerprint density at radius 3 is 2.45 bits per heavy atom. The molecule has 0 saturated carbocycles. The van der Waals surface area contributed by atoms with Crippen molar-refractivity contribution in [2.45, 2.75) is 19.3 Å². The smallest absolute Gasteiger partial charge is 0.322 e. The Morgan fingerprint density at radius 2 is 1.91 bits per heavy atom. The highest BCUT2D eigenvalue weighted by Crippen LogP contribution is 2.09. The molecule has 0 aromatic heterocycles. The van der Waals surface area contributed by atoms with Crippen LogP contribution in [0.15, 0.2) is 10.2 Å². The Bertz CT molecular complexity index is 161. The zero-order valence-electron chi connectivity index (χ0n) is 6.79. The molecule has 0 bridgehead atoms. The molecule has 1 rings (SSSR count). The molecule has 62 valence electrons. The zero-order valence-corrected chi connectivity index (χ0v) is 6.79. The standard InChI is InChI=1S/C7H13N3O/c1-8-9-7(11)10-5-3-2-4-6-10/h2-6H2,1H3. The summed E-state index contributed by atoms with van der Waals surface area (Å²) in [6, 6.07) is -0.188. The van der Waals surface area contributed by atoms with E-state index in [1.807, 2.05) is 0 Å². The topological polar surface area (TPSA) is 45.0 Å². The molecule has 0 aromatic rings. The Labute approximate surface area is 66.3 Å². The summed E-state index contributed by atoms with van der Waals surface area (Å²) in [5, 5.41) is 6.90. The predicted octanol–water partition coefficient (Wildman–Crippen LogP) is 1.67. The van der Waals surface area contributed by atoms with Crippen LogP contribution in [0.2, 0.25) is 0 Å². The van der Waals surface area contributed by atoms with E-state index < -0.39 is 0 Å². The first kappa shape index (κ1) is 8.17. The van der Waals surface area contributed by atoms with Crippen LogP contribution in [0.1, 0.15) is 19.3 Å². The highest BCUT2D eigenvalue weighted by molar-refractivity contribution is 5.74. The lowest BCUT2D eigenvalue weighted by atomic mass is 10.1. The molecule has 1 saturated heterocycles. The van der Waals surface area contributed by atoms with Crippen LogP contribution in [0.25, 0.3) is 0 Å². The molecule has 4 heteroatoms. The van der Waals surface area contributed by atoms with Gasteiger partial charge in [-0.2, -0.15) is 5.11 Å². The van der Waals surface area contributed by atoms with Crippen molar-refractivity contribution in [3.05, 3.63) is 0 Å². The van der Waals surface area contributed by atoms with E-state index >= 15 is 0 Å². The third-order valence-electron chi connectivity index (χ3n) is 1.81. The molecular weight excluding hydrogens is 142 g/mol. The van der Waals surface area contributed by atoms with Crippen molar-refractivity contribution in [2.75, 3.05) is 20.1 Å². The number of urea groups is 1. The summed E-state index contributed by atoms with van der Waals surface area (Å²) in [5.41, 5.74) is 0. The summed E-state index contributed by atoms with van der Waals surface area (Å²) >= 11 is 0. The van der Waals surface area contributed by atoms with Gasteiger partial charge in [-0.05, 0) is 19.3 Å². The van der Waals surface area contributed by atoms with Crippen molar-refractivity contribution in [1.82, 2.24) is 4.90 Å². The van der Waals surface area contributed by atoms with Gasteiger partial charge >= 0.3 is 6.03 Å². The Balaban J connectivity index is 2.38. The molecular formula is C7H13N3O. The highest BCUT2D eigenvalue weighted by atomic mass is 16.2. The van der Waals surface area contributed by atoms with Crippen molar-refractivity contribution in [1.29, 1.82) is 0 Å². The largest absolute Gasteiger partial charge is 0.361 e. The number of carbonyl (C=O) groups excluding carboxylic acids is 1. The van der Waals surface area contributed by atoms with Crippen LogP contribution in [0.5, 0.6) is 0 Å². The molecule has 11 heavy (non-hydrogen) atoms. The van der Waals surface area contributed by atoms with Gasteiger partial charge in [0.2, 0.25) is 0 Å². The number of rotatable bonds is 0. The Morgan fingerprint density at radius 1 is 1.27 bits per heavy atom. The molecule has 0 unspecified atom stereocenters. The Hall–Kier alpha value is -0.930. The lowest BCUT2D eigenvalue weighted by molar-refractivity contribution is 0.194. The van der Waals surface area contributed by atoms with Gasteiger partial charge in [-0.25, -0.2) is 4.79 Å². The minimum Gasteiger partial charge on any atom is -0.322 e. The normalized spacial score (nSPS) is 19.2. The maximum absolute atomic E-state index is 11.1. The first-order valence-electron chi connectivity index (χ1n) is 3.93. The third kappa shape index (κ3) is 2.29. The van der Waals surface area contributed by atoms with E-state index in [0.29, 0.717) is 0 Å². The highest BCUT2D eigenvalue weighted by Gasteiger charge is 2.14. The summed E-state index contributed by atoms with van der Waals surface area (Å²) in [5.74, 6) is 0. The average molecular weight is 155 g/mol. The van der Waals surface area contributed by atoms with Crippen molar-refractivity contribution in [3.8, 4) is 0 Å². The van der Waals surface area contributed by atoms with Crippen molar-refractivity contribution in [3.63, 3.8) is 0 Å². The third-order valence-corrected chi connectivity index (χ3v) is 1.81. The second-order valence-corrected chi connectivity index (χ2v) is 2.63. The summed E-state index contributed by atoms with van der Waals surface area (Å²) in [4.78, 5) is 12.8. The van der Waals surface area contributed by atoms with Gasteiger partial charge in [-0.3, -0.25) is 0 Å². The fourth-order valence-corrected chi connectivity index (χ4v) is 1.23. The van der Waals surface area contributed by atoms with E-state index in [1.165, 1.54) is 13.5 Å². The van der Waals surface area contributed by atoms with Crippen molar-refractivity contribution in [2.24, 2.45) is 10.2 Å². The van der Waals surface area contributed by atoms with Gasteiger partial charge in [0.15, 0.2) is 0 Å². The average Bonchev–Trinajstić information content (AvgIpc) is 2.07. The van der Waals surface area contributed by atoms with Crippen molar-refractivity contribution < 1.29 is 4.79 Å². The van der Waals surface area contributed by atoms with Crippen LogP contribution in [-0.4, -0.2) is 31.1 Å².